The van der Waals surface area contributed by atoms with E-state index in [0.29, 0.717) is 0 Å². The summed E-state index contributed by atoms with van der Waals surface area (Å²) >= 11 is 0. The van der Waals surface area contributed by atoms with Crippen LogP contribution in [0, 0.1) is 6.92 Å². The van der Waals surface area contributed by atoms with Gasteiger partial charge in [0.1, 0.15) is 7.11 Å². The first-order valence-electron chi connectivity index (χ1n) is 7.13. The van der Waals surface area contributed by atoms with Crippen LogP contribution in [0.4, 0.5) is 0 Å². The Morgan fingerprint density at radius 1 is 1.18 bits per heavy atom. The van der Waals surface area contributed by atoms with Crippen molar-refractivity contribution in [2.75, 3.05) is 7.11 Å². The molecule has 112 valence electrons. The molecule has 3 rings (SSSR count). The van der Waals surface area contributed by atoms with Crippen molar-refractivity contribution in [1.82, 2.24) is 4.73 Å². The van der Waals surface area contributed by atoms with Crippen LogP contribution in [0.25, 0.3) is 22.0 Å². The van der Waals surface area contributed by atoms with Crippen molar-refractivity contribution in [3.05, 3.63) is 59.8 Å². The maximum Gasteiger partial charge on any atom is 0.221 e. The number of aromatic nitrogens is 1. The number of amides is 1. The third-order valence-electron chi connectivity index (χ3n) is 3.79. The Kier molecular flexibility index (Phi) is 3.59. The lowest BCUT2D eigenvalue weighted by Crippen LogP contribution is -2.14. The lowest BCUT2D eigenvalue weighted by atomic mass is 9.95. The molecular formula is C18H18N2O2. The Balaban J connectivity index is 2.27. The Bertz CT molecular complexity index is 849. The first-order chi connectivity index (χ1) is 10.6. The van der Waals surface area contributed by atoms with Crippen LogP contribution in [-0.4, -0.2) is 17.7 Å². The molecule has 0 fully saturated rings. The highest BCUT2D eigenvalue weighted by molar-refractivity contribution is 5.97. The summed E-state index contributed by atoms with van der Waals surface area (Å²) < 4.78 is 1.74. The van der Waals surface area contributed by atoms with Crippen molar-refractivity contribution >= 4 is 16.8 Å². The second-order valence-corrected chi connectivity index (χ2v) is 5.37. The van der Waals surface area contributed by atoms with Gasteiger partial charge in [-0.05, 0) is 24.1 Å². The molecular weight excluding hydrogens is 276 g/mol. The monoisotopic (exact) mass is 294 g/mol. The number of para-hydroxylation sites is 1. The maximum absolute atomic E-state index is 11.4. The van der Waals surface area contributed by atoms with Gasteiger partial charge >= 0.3 is 0 Å². The third-order valence-corrected chi connectivity index (χ3v) is 3.79. The average molecular weight is 294 g/mol. The van der Waals surface area contributed by atoms with Gasteiger partial charge in [-0.15, -0.1) is 0 Å². The van der Waals surface area contributed by atoms with Gasteiger partial charge in [0.25, 0.3) is 0 Å². The number of hydrogen-bond donors (Lipinski definition) is 1. The molecule has 1 aromatic heterocycles. The zero-order valence-electron chi connectivity index (χ0n) is 12.7. The summed E-state index contributed by atoms with van der Waals surface area (Å²) in [6, 6.07) is 14.1. The minimum atomic E-state index is -0.333. The largest absolute Gasteiger partial charge is 0.417 e. The molecule has 0 aliphatic heterocycles. The summed E-state index contributed by atoms with van der Waals surface area (Å²) in [5.41, 5.74) is 10.5. The number of primary amides is 1. The zero-order valence-corrected chi connectivity index (χ0v) is 12.7. The maximum atomic E-state index is 11.4. The molecule has 2 N–H and O–H groups in total. The van der Waals surface area contributed by atoms with Crippen LogP contribution < -0.4 is 10.6 Å². The van der Waals surface area contributed by atoms with E-state index in [4.69, 9.17) is 10.6 Å². The number of carbonyl (C=O) groups excluding carboxylic acids is 1. The Morgan fingerprint density at radius 2 is 1.95 bits per heavy atom. The third kappa shape index (κ3) is 2.44. The average Bonchev–Trinajstić information content (AvgIpc) is 2.87. The number of nitrogens with two attached hydrogens (primary N) is 1. The number of rotatable bonds is 4. The molecule has 4 nitrogen and oxygen atoms in total. The molecule has 0 saturated carbocycles. The van der Waals surface area contributed by atoms with E-state index >= 15 is 0 Å². The highest BCUT2D eigenvalue weighted by Gasteiger charge is 2.14. The molecule has 0 aliphatic rings. The van der Waals surface area contributed by atoms with Gasteiger partial charge in [0, 0.05) is 10.9 Å². The molecule has 0 atom stereocenters. The normalized spacial score (nSPS) is 10.8. The molecule has 1 heterocycles. The molecule has 0 unspecified atom stereocenters. The molecule has 0 radical (unpaired) electrons. The number of nitrogens with zero attached hydrogens (tertiary/aromatic N) is 1. The van der Waals surface area contributed by atoms with Gasteiger partial charge in [-0.1, -0.05) is 42.0 Å². The number of carbonyl (C=O) groups is 1. The summed E-state index contributed by atoms with van der Waals surface area (Å²) in [6.45, 7) is 2.03. The molecule has 22 heavy (non-hydrogen) atoms. The van der Waals surface area contributed by atoms with Gasteiger partial charge < -0.3 is 10.6 Å². The lowest BCUT2D eigenvalue weighted by molar-refractivity contribution is -0.117. The second kappa shape index (κ2) is 5.56. The van der Waals surface area contributed by atoms with E-state index in [2.05, 4.69) is 12.1 Å². The summed E-state index contributed by atoms with van der Waals surface area (Å²) in [4.78, 5) is 16.8. The Hall–Kier alpha value is -2.75. The van der Waals surface area contributed by atoms with Crippen LogP contribution in [0.15, 0.2) is 48.7 Å². The zero-order chi connectivity index (χ0) is 15.7. The van der Waals surface area contributed by atoms with Crippen LogP contribution >= 0.6 is 0 Å². The molecule has 3 aromatic rings. The smallest absolute Gasteiger partial charge is 0.221 e. The molecule has 4 heteroatoms. The van der Waals surface area contributed by atoms with E-state index in [9.17, 15) is 4.79 Å². The predicted octanol–water partition coefficient (Wildman–Crippen LogP) is 2.70. The highest BCUT2D eigenvalue weighted by Crippen LogP contribution is 2.33. The molecule has 1 amide bonds. The van der Waals surface area contributed by atoms with E-state index in [1.807, 2.05) is 43.5 Å². The van der Waals surface area contributed by atoms with Crippen molar-refractivity contribution < 1.29 is 9.63 Å². The minimum absolute atomic E-state index is 0.224. The van der Waals surface area contributed by atoms with Crippen LogP contribution in [0.3, 0.4) is 0 Å². The van der Waals surface area contributed by atoms with E-state index < -0.39 is 0 Å². The fourth-order valence-corrected chi connectivity index (χ4v) is 2.80. The fourth-order valence-electron chi connectivity index (χ4n) is 2.80. The number of aryl methyl sites for hydroxylation is 1. The van der Waals surface area contributed by atoms with E-state index in [0.717, 1.165) is 33.2 Å². The molecule has 0 aliphatic carbocycles. The van der Waals surface area contributed by atoms with Crippen LogP contribution in [0.5, 0.6) is 0 Å². The summed E-state index contributed by atoms with van der Waals surface area (Å²) in [5, 5.41) is 1.08. The van der Waals surface area contributed by atoms with Crippen LogP contribution in [0.1, 0.15) is 11.1 Å². The minimum Gasteiger partial charge on any atom is -0.417 e. The topological polar surface area (TPSA) is 57.2 Å². The van der Waals surface area contributed by atoms with E-state index in [1.54, 1.807) is 11.8 Å². The number of benzene rings is 2. The van der Waals surface area contributed by atoms with Gasteiger partial charge in [-0.2, -0.15) is 4.73 Å². The van der Waals surface area contributed by atoms with Gasteiger partial charge in [-0.25, -0.2) is 0 Å². The second-order valence-electron chi connectivity index (χ2n) is 5.37. The standard InChI is InChI=1S/C18H18N2O2/c1-12-7-8-13(10-18(19)21)15(9-12)16-11-20(22-2)17-6-4-3-5-14(16)17/h3-9,11H,10H2,1-2H3,(H2,19,21). The quantitative estimate of drug-likeness (QED) is 0.804. The lowest BCUT2D eigenvalue weighted by Gasteiger charge is -2.09. The molecule has 0 bridgehead atoms. The van der Waals surface area contributed by atoms with Gasteiger partial charge in [0.05, 0.1) is 18.1 Å². The summed E-state index contributed by atoms with van der Waals surface area (Å²) in [6.07, 6.45) is 2.17. The van der Waals surface area contributed by atoms with Gasteiger partial charge in [0.15, 0.2) is 0 Å². The van der Waals surface area contributed by atoms with Gasteiger partial charge in [0.2, 0.25) is 5.91 Å². The van der Waals surface area contributed by atoms with Crippen molar-refractivity contribution in [2.45, 2.75) is 13.3 Å². The van der Waals surface area contributed by atoms with Gasteiger partial charge in [-0.3, -0.25) is 4.79 Å². The van der Waals surface area contributed by atoms with E-state index in [-0.39, 0.29) is 12.3 Å². The number of fused-ring (bicyclic) bond motifs is 1. The van der Waals surface area contributed by atoms with Crippen molar-refractivity contribution in [3.63, 3.8) is 0 Å². The summed E-state index contributed by atoms with van der Waals surface area (Å²) in [7, 11) is 1.64. The SMILES string of the molecule is COn1cc(-c2cc(C)ccc2CC(N)=O)c2ccccc21. The highest BCUT2D eigenvalue weighted by atomic mass is 16.6. The predicted molar refractivity (Wildman–Crippen MR) is 87.5 cm³/mol. The Morgan fingerprint density at radius 3 is 2.68 bits per heavy atom. The van der Waals surface area contributed by atoms with Crippen molar-refractivity contribution in [2.24, 2.45) is 5.73 Å². The van der Waals surface area contributed by atoms with Crippen LogP contribution in [-0.2, 0) is 11.2 Å². The summed E-state index contributed by atoms with van der Waals surface area (Å²) in [5.74, 6) is -0.333. The molecule has 0 spiro atoms. The van der Waals surface area contributed by atoms with Crippen molar-refractivity contribution in [3.8, 4) is 11.1 Å². The molecule has 2 aromatic carbocycles. The number of hydrogen-bond acceptors (Lipinski definition) is 2. The Labute approximate surface area is 129 Å². The van der Waals surface area contributed by atoms with Crippen LogP contribution in [0.2, 0.25) is 0 Å². The van der Waals surface area contributed by atoms with Crippen molar-refractivity contribution in [1.29, 1.82) is 0 Å². The fraction of sp³-hybridized carbons (Fsp3) is 0.167. The van der Waals surface area contributed by atoms with E-state index in [1.165, 1.54) is 0 Å². The first kappa shape index (κ1) is 14.2. The first-order valence-corrected chi connectivity index (χ1v) is 7.13. The molecule has 0 saturated heterocycles.